The van der Waals surface area contributed by atoms with Crippen LogP contribution in [0.5, 0.6) is 0 Å². The highest BCUT2D eigenvalue weighted by Crippen LogP contribution is 2.28. The number of hydrogen-bond acceptors (Lipinski definition) is 5. The maximum Gasteiger partial charge on any atom is 0.273 e. The summed E-state index contributed by atoms with van der Waals surface area (Å²) in [5.74, 6) is 0.572. The lowest BCUT2D eigenvalue weighted by atomic mass is 10.3. The zero-order valence-electron chi connectivity index (χ0n) is 11.7. The minimum Gasteiger partial charge on any atom is -0.462 e. The van der Waals surface area contributed by atoms with Crippen molar-refractivity contribution >= 4 is 17.2 Å². The van der Waals surface area contributed by atoms with Gasteiger partial charge in [0.15, 0.2) is 10.8 Å². The van der Waals surface area contributed by atoms with Gasteiger partial charge in [0, 0.05) is 30.2 Å². The fourth-order valence-corrected chi connectivity index (χ4v) is 2.86. The van der Waals surface area contributed by atoms with Crippen molar-refractivity contribution in [2.75, 3.05) is 7.05 Å². The molecule has 0 spiro atoms. The number of nitrogens with one attached hydrogen (secondary N) is 1. The molecule has 21 heavy (non-hydrogen) atoms. The number of aromatic nitrogens is 3. The second-order valence-electron chi connectivity index (χ2n) is 4.67. The Labute approximate surface area is 125 Å². The summed E-state index contributed by atoms with van der Waals surface area (Å²) in [5.41, 5.74) is 1.42. The van der Waals surface area contributed by atoms with Gasteiger partial charge >= 0.3 is 0 Å². The zero-order valence-corrected chi connectivity index (χ0v) is 12.5. The first-order valence-corrected chi connectivity index (χ1v) is 7.21. The molecule has 0 atom stereocenters. The fourth-order valence-electron chi connectivity index (χ4n) is 1.99. The Hall–Kier alpha value is -2.41. The van der Waals surface area contributed by atoms with Crippen molar-refractivity contribution in [1.82, 2.24) is 20.1 Å². The number of nitrogens with zero attached hydrogens (tertiary/aromatic N) is 3. The Morgan fingerprint density at radius 1 is 1.52 bits per heavy atom. The predicted octanol–water partition coefficient (Wildman–Crippen LogP) is 2.71. The average Bonchev–Trinajstić information content (AvgIpc) is 3.18. The van der Waals surface area contributed by atoms with Crippen LogP contribution in [0.2, 0.25) is 0 Å². The maximum atomic E-state index is 12.5. The molecule has 7 heteroatoms. The molecular weight excluding hydrogens is 288 g/mol. The number of rotatable bonds is 4. The second-order valence-corrected chi connectivity index (χ2v) is 5.87. The van der Waals surface area contributed by atoms with Gasteiger partial charge in [0.25, 0.3) is 5.91 Å². The Kier molecular flexibility index (Phi) is 3.57. The molecular formula is C14H14N4O2S. The smallest absolute Gasteiger partial charge is 0.273 e. The number of amides is 1. The summed E-state index contributed by atoms with van der Waals surface area (Å²) < 4.78 is 5.32. The van der Waals surface area contributed by atoms with Crippen LogP contribution in [0, 0.1) is 6.92 Å². The van der Waals surface area contributed by atoms with E-state index in [0.717, 1.165) is 15.4 Å². The fraction of sp³-hybridized carbons (Fsp3) is 0.214. The Morgan fingerprint density at radius 3 is 3.05 bits per heavy atom. The molecule has 0 aromatic carbocycles. The van der Waals surface area contributed by atoms with Crippen LogP contribution >= 0.6 is 11.3 Å². The minimum absolute atomic E-state index is 0.109. The highest BCUT2D eigenvalue weighted by Gasteiger charge is 2.20. The van der Waals surface area contributed by atoms with Gasteiger partial charge in [0.1, 0.15) is 5.69 Å². The van der Waals surface area contributed by atoms with Crippen LogP contribution in [0.1, 0.15) is 20.9 Å². The van der Waals surface area contributed by atoms with E-state index in [4.69, 9.17) is 4.42 Å². The minimum atomic E-state index is -0.109. The molecule has 0 aliphatic heterocycles. The quantitative estimate of drug-likeness (QED) is 0.804. The van der Waals surface area contributed by atoms with Crippen molar-refractivity contribution in [3.8, 4) is 10.8 Å². The third kappa shape index (κ3) is 2.73. The largest absolute Gasteiger partial charge is 0.462 e. The van der Waals surface area contributed by atoms with E-state index in [9.17, 15) is 4.79 Å². The molecule has 1 amide bonds. The lowest BCUT2D eigenvalue weighted by Crippen LogP contribution is -2.26. The molecule has 0 fully saturated rings. The average molecular weight is 302 g/mol. The van der Waals surface area contributed by atoms with Gasteiger partial charge < -0.3 is 9.32 Å². The molecule has 1 N–H and O–H groups in total. The number of carbonyl (C=O) groups excluding carboxylic acids is 1. The van der Waals surface area contributed by atoms with Crippen LogP contribution in [0.25, 0.3) is 10.8 Å². The lowest BCUT2D eigenvalue weighted by Gasteiger charge is -2.15. The van der Waals surface area contributed by atoms with E-state index < -0.39 is 0 Å². The van der Waals surface area contributed by atoms with Crippen LogP contribution in [0.3, 0.4) is 0 Å². The Morgan fingerprint density at radius 2 is 2.38 bits per heavy atom. The second kappa shape index (κ2) is 5.53. The molecule has 108 valence electrons. The van der Waals surface area contributed by atoms with E-state index in [0.29, 0.717) is 18.0 Å². The molecule has 0 radical (unpaired) electrons. The first-order valence-electron chi connectivity index (χ1n) is 6.39. The SMILES string of the molecule is Cc1sc(-c2ccco2)nc1C(=O)N(C)Cc1cn[nH]c1. The predicted molar refractivity (Wildman–Crippen MR) is 78.9 cm³/mol. The topological polar surface area (TPSA) is 75.0 Å². The van der Waals surface area contributed by atoms with Gasteiger partial charge in [-0.2, -0.15) is 5.10 Å². The first-order chi connectivity index (χ1) is 10.1. The molecule has 0 aliphatic carbocycles. The van der Waals surface area contributed by atoms with Gasteiger partial charge in [-0.15, -0.1) is 11.3 Å². The summed E-state index contributed by atoms with van der Waals surface area (Å²) in [6.45, 7) is 2.38. The molecule has 0 saturated heterocycles. The summed E-state index contributed by atoms with van der Waals surface area (Å²) in [6, 6.07) is 3.64. The first kappa shape index (κ1) is 13.6. The molecule has 0 unspecified atom stereocenters. The summed E-state index contributed by atoms with van der Waals surface area (Å²) in [6.07, 6.45) is 5.07. The van der Waals surface area contributed by atoms with Gasteiger partial charge in [-0.05, 0) is 19.1 Å². The van der Waals surface area contributed by atoms with E-state index in [1.165, 1.54) is 11.3 Å². The van der Waals surface area contributed by atoms with E-state index in [1.807, 2.05) is 13.0 Å². The zero-order chi connectivity index (χ0) is 14.8. The highest BCUT2D eigenvalue weighted by atomic mass is 32.1. The van der Waals surface area contributed by atoms with Crippen LogP contribution in [0.15, 0.2) is 35.2 Å². The number of H-pyrrole nitrogens is 1. The van der Waals surface area contributed by atoms with E-state index in [2.05, 4.69) is 15.2 Å². The standard InChI is InChI=1S/C14H14N4O2S/c1-9-12(17-13(21-9)11-4-3-5-20-11)14(19)18(2)8-10-6-15-16-7-10/h3-7H,8H2,1-2H3,(H,15,16). The highest BCUT2D eigenvalue weighted by molar-refractivity contribution is 7.15. The molecule has 3 aromatic rings. The molecule has 0 aliphatic rings. The Bertz CT molecular complexity index is 731. The van der Waals surface area contributed by atoms with Crippen molar-refractivity contribution < 1.29 is 9.21 Å². The van der Waals surface area contributed by atoms with E-state index in [1.54, 1.807) is 36.7 Å². The van der Waals surface area contributed by atoms with Crippen molar-refractivity contribution in [3.63, 3.8) is 0 Å². The third-order valence-electron chi connectivity index (χ3n) is 3.05. The maximum absolute atomic E-state index is 12.5. The van der Waals surface area contributed by atoms with Crippen LogP contribution < -0.4 is 0 Å². The van der Waals surface area contributed by atoms with Crippen LogP contribution in [-0.4, -0.2) is 33.0 Å². The van der Waals surface area contributed by atoms with Crippen molar-refractivity contribution in [2.45, 2.75) is 13.5 Å². The number of furan rings is 1. The lowest BCUT2D eigenvalue weighted by molar-refractivity contribution is 0.0779. The van der Waals surface area contributed by atoms with E-state index >= 15 is 0 Å². The Balaban J connectivity index is 1.81. The normalized spacial score (nSPS) is 10.8. The summed E-state index contributed by atoms with van der Waals surface area (Å²) in [7, 11) is 1.75. The molecule has 3 heterocycles. The summed E-state index contributed by atoms with van der Waals surface area (Å²) >= 11 is 1.45. The molecule has 3 aromatic heterocycles. The summed E-state index contributed by atoms with van der Waals surface area (Å²) in [5, 5.41) is 7.33. The number of carbonyl (C=O) groups is 1. The monoisotopic (exact) mass is 302 g/mol. The van der Waals surface area contributed by atoms with Crippen molar-refractivity contribution in [2.24, 2.45) is 0 Å². The van der Waals surface area contributed by atoms with Crippen molar-refractivity contribution in [3.05, 3.63) is 46.9 Å². The number of aromatic amines is 1. The number of hydrogen-bond donors (Lipinski definition) is 1. The van der Waals surface area contributed by atoms with Gasteiger partial charge in [-0.1, -0.05) is 0 Å². The van der Waals surface area contributed by atoms with Crippen LogP contribution in [0.4, 0.5) is 0 Å². The number of aryl methyl sites for hydroxylation is 1. The van der Waals surface area contributed by atoms with E-state index in [-0.39, 0.29) is 5.91 Å². The van der Waals surface area contributed by atoms with Crippen molar-refractivity contribution in [1.29, 1.82) is 0 Å². The molecule has 0 bridgehead atoms. The molecule has 3 rings (SSSR count). The van der Waals surface area contributed by atoms with Crippen LogP contribution in [-0.2, 0) is 6.54 Å². The van der Waals surface area contributed by atoms with Gasteiger partial charge in [-0.3, -0.25) is 9.89 Å². The third-order valence-corrected chi connectivity index (χ3v) is 4.04. The molecule has 6 nitrogen and oxygen atoms in total. The summed E-state index contributed by atoms with van der Waals surface area (Å²) in [4.78, 5) is 19.4. The van der Waals surface area contributed by atoms with Gasteiger partial charge in [0.05, 0.1) is 12.5 Å². The van der Waals surface area contributed by atoms with Gasteiger partial charge in [0.2, 0.25) is 0 Å². The molecule has 0 saturated carbocycles. The van der Waals surface area contributed by atoms with Gasteiger partial charge in [-0.25, -0.2) is 4.98 Å². The number of thiazole rings is 1.